The number of hydrogen-bond donors (Lipinski definition) is 0. The van der Waals surface area contributed by atoms with Gasteiger partial charge >= 0.3 is 0 Å². The lowest BCUT2D eigenvalue weighted by Crippen LogP contribution is -1.87. The highest BCUT2D eigenvalue weighted by Crippen LogP contribution is 2.25. The van der Waals surface area contributed by atoms with E-state index in [9.17, 15) is 0 Å². The van der Waals surface area contributed by atoms with Crippen LogP contribution < -0.4 is 4.74 Å². The van der Waals surface area contributed by atoms with E-state index in [0.717, 1.165) is 22.8 Å². The monoisotopic (exact) mass is 282 g/mol. The van der Waals surface area contributed by atoms with E-state index in [4.69, 9.17) is 4.74 Å². The van der Waals surface area contributed by atoms with Gasteiger partial charge in [-0.05, 0) is 54.4 Å². The zero-order valence-electron chi connectivity index (χ0n) is 11.1. The summed E-state index contributed by atoms with van der Waals surface area (Å²) in [7, 11) is 0. The Morgan fingerprint density at radius 2 is 1.60 bits per heavy atom. The molecular formula is C16H14N2OS. The summed E-state index contributed by atoms with van der Waals surface area (Å²) < 4.78 is 7.60. The van der Waals surface area contributed by atoms with Crippen molar-refractivity contribution in [2.24, 2.45) is 0 Å². The van der Waals surface area contributed by atoms with E-state index in [0.29, 0.717) is 0 Å². The zero-order chi connectivity index (χ0) is 13.8. The maximum absolute atomic E-state index is 5.77. The van der Waals surface area contributed by atoms with Gasteiger partial charge in [-0.2, -0.15) is 5.10 Å². The predicted octanol–water partition coefficient (Wildman–Crippen LogP) is 4.47. The van der Waals surface area contributed by atoms with Crippen LogP contribution in [0.2, 0.25) is 0 Å². The summed E-state index contributed by atoms with van der Waals surface area (Å²) in [6.07, 6.45) is 3.95. The van der Waals surface area contributed by atoms with Crippen LogP contribution in [0.1, 0.15) is 0 Å². The topological polar surface area (TPSA) is 27.1 Å². The second-order valence-electron chi connectivity index (χ2n) is 4.23. The van der Waals surface area contributed by atoms with E-state index in [1.807, 2.05) is 77.2 Å². The third-order valence-corrected chi connectivity index (χ3v) is 3.46. The molecule has 3 rings (SSSR count). The van der Waals surface area contributed by atoms with Crippen molar-refractivity contribution in [3.05, 3.63) is 66.9 Å². The van der Waals surface area contributed by atoms with E-state index >= 15 is 0 Å². The third kappa shape index (κ3) is 2.86. The fourth-order valence-corrected chi connectivity index (χ4v) is 2.23. The summed E-state index contributed by atoms with van der Waals surface area (Å²) in [6.45, 7) is 0. The van der Waals surface area contributed by atoms with Crippen LogP contribution in [-0.2, 0) is 0 Å². The highest BCUT2D eigenvalue weighted by atomic mass is 32.2. The Bertz CT molecular complexity index is 677. The standard InChI is InChI=1S/C16H14N2OS/c1-20-18-12-11-16(17-18)13-7-9-15(10-8-13)19-14-5-3-2-4-6-14/h2-12H,1H3. The van der Waals surface area contributed by atoms with Crippen LogP contribution in [-0.4, -0.2) is 15.4 Å². The van der Waals surface area contributed by atoms with Crippen LogP contribution in [0.5, 0.6) is 11.5 Å². The van der Waals surface area contributed by atoms with Gasteiger partial charge in [0.05, 0.1) is 5.69 Å². The van der Waals surface area contributed by atoms with Gasteiger partial charge in [0.25, 0.3) is 0 Å². The number of nitrogens with zero attached hydrogens (tertiary/aromatic N) is 2. The van der Waals surface area contributed by atoms with Gasteiger partial charge in [-0.25, -0.2) is 4.09 Å². The molecule has 0 saturated carbocycles. The van der Waals surface area contributed by atoms with Gasteiger partial charge in [0.15, 0.2) is 0 Å². The maximum Gasteiger partial charge on any atom is 0.127 e. The van der Waals surface area contributed by atoms with E-state index in [-0.39, 0.29) is 0 Å². The molecule has 0 fully saturated rings. The molecule has 0 atom stereocenters. The maximum atomic E-state index is 5.77. The second-order valence-corrected chi connectivity index (χ2v) is 4.96. The molecule has 0 saturated heterocycles. The minimum absolute atomic E-state index is 0.823. The average Bonchev–Trinajstić information content (AvgIpc) is 2.98. The molecule has 20 heavy (non-hydrogen) atoms. The van der Waals surface area contributed by atoms with Gasteiger partial charge in [0.2, 0.25) is 0 Å². The molecule has 100 valence electrons. The number of ether oxygens (including phenoxy) is 1. The third-order valence-electron chi connectivity index (χ3n) is 2.88. The SMILES string of the molecule is CSn1ccc(-c2ccc(Oc3ccccc3)cc2)n1. The lowest BCUT2D eigenvalue weighted by Gasteiger charge is -2.05. The molecule has 0 aliphatic rings. The summed E-state index contributed by atoms with van der Waals surface area (Å²) in [4.78, 5) is 0. The zero-order valence-corrected chi connectivity index (χ0v) is 11.9. The Morgan fingerprint density at radius 3 is 2.25 bits per heavy atom. The van der Waals surface area contributed by atoms with Crippen molar-refractivity contribution in [2.45, 2.75) is 0 Å². The molecule has 0 spiro atoms. The predicted molar refractivity (Wildman–Crippen MR) is 83.1 cm³/mol. The quantitative estimate of drug-likeness (QED) is 0.706. The minimum atomic E-state index is 0.823. The molecule has 0 N–H and O–H groups in total. The van der Waals surface area contributed by atoms with Crippen molar-refractivity contribution in [3.8, 4) is 22.8 Å². The van der Waals surface area contributed by atoms with Gasteiger partial charge in [0, 0.05) is 18.0 Å². The molecule has 0 unspecified atom stereocenters. The molecule has 3 nitrogen and oxygen atoms in total. The van der Waals surface area contributed by atoms with E-state index < -0.39 is 0 Å². The Kier molecular flexibility index (Phi) is 3.74. The van der Waals surface area contributed by atoms with Crippen LogP contribution in [0.25, 0.3) is 11.3 Å². The Morgan fingerprint density at radius 1 is 0.900 bits per heavy atom. The van der Waals surface area contributed by atoms with Crippen LogP contribution in [0.15, 0.2) is 66.9 Å². The first kappa shape index (κ1) is 12.8. The molecule has 0 amide bonds. The van der Waals surface area contributed by atoms with Gasteiger partial charge < -0.3 is 4.74 Å². The van der Waals surface area contributed by atoms with Crippen LogP contribution in [0.3, 0.4) is 0 Å². The molecule has 2 aromatic carbocycles. The van der Waals surface area contributed by atoms with Crippen molar-refractivity contribution >= 4 is 11.9 Å². The lowest BCUT2D eigenvalue weighted by atomic mass is 10.1. The molecule has 0 aliphatic carbocycles. The lowest BCUT2D eigenvalue weighted by molar-refractivity contribution is 0.483. The van der Waals surface area contributed by atoms with Gasteiger partial charge in [0.1, 0.15) is 11.5 Å². The van der Waals surface area contributed by atoms with E-state index in [1.165, 1.54) is 0 Å². The summed E-state index contributed by atoms with van der Waals surface area (Å²) in [5.41, 5.74) is 2.05. The number of rotatable bonds is 4. The summed E-state index contributed by atoms with van der Waals surface area (Å²) >= 11 is 1.57. The Labute approximate surface area is 122 Å². The fraction of sp³-hybridized carbons (Fsp3) is 0.0625. The van der Waals surface area contributed by atoms with Crippen molar-refractivity contribution in [3.63, 3.8) is 0 Å². The average molecular weight is 282 g/mol. The molecule has 3 aromatic rings. The molecule has 0 radical (unpaired) electrons. The van der Waals surface area contributed by atoms with Gasteiger partial charge in [-0.3, -0.25) is 0 Å². The molecule has 1 heterocycles. The first-order chi connectivity index (χ1) is 9.85. The number of para-hydroxylation sites is 1. The molecule has 1 aromatic heterocycles. The molecule has 0 aliphatic heterocycles. The Hall–Kier alpha value is -2.20. The van der Waals surface area contributed by atoms with Crippen molar-refractivity contribution < 1.29 is 4.74 Å². The fourth-order valence-electron chi connectivity index (χ4n) is 1.88. The minimum Gasteiger partial charge on any atom is -0.457 e. The smallest absolute Gasteiger partial charge is 0.127 e. The highest BCUT2D eigenvalue weighted by molar-refractivity contribution is 7.97. The summed E-state index contributed by atoms with van der Waals surface area (Å²) in [6, 6.07) is 19.7. The van der Waals surface area contributed by atoms with Crippen molar-refractivity contribution in [1.82, 2.24) is 9.19 Å². The number of aromatic nitrogens is 2. The van der Waals surface area contributed by atoms with Crippen LogP contribution in [0.4, 0.5) is 0 Å². The van der Waals surface area contributed by atoms with Crippen molar-refractivity contribution in [2.75, 3.05) is 6.26 Å². The first-order valence-electron chi connectivity index (χ1n) is 6.28. The number of hydrogen-bond acceptors (Lipinski definition) is 3. The van der Waals surface area contributed by atoms with E-state index in [2.05, 4.69) is 5.10 Å². The van der Waals surface area contributed by atoms with Gasteiger partial charge in [-0.15, -0.1) is 0 Å². The molecule has 0 bridgehead atoms. The summed E-state index contributed by atoms with van der Waals surface area (Å²) in [5.74, 6) is 1.66. The van der Waals surface area contributed by atoms with Crippen LogP contribution in [0, 0.1) is 0 Å². The highest BCUT2D eigenvalue weighted by Gasteiger charge is 2.03. The Balaban J connectivity index is 1.77. The van der Waals surface area contributed by atoms with Crippen LogP contribution >= 0.6 is 11.9 Å². The normalized spacial score (nSPS) is 10.4. The van der Waals surface area contributed by atoms with E-state index in [1.54, 1.807) is 11.9 Å². The largest absolute Gasteiger partial charge is 0.457 e. The first-order valence-corrected chi connectivity index (χ1v) is 7.47. The number of benzene rings is 2. The van der Waals surface area contributed by atoms with Gasteiger partial charge in [-0.1, -0.05) is 18.2 Å². The second kappa shape index (κ2) is 5.84. The molecule has 4 heteroatoms. The summed E-state index contributed by atoms with van der Waals surface area (Å²) in [5, 5.41) is 4.45. The molecular weight excluding hydrogens is 268 g/mol. The van der Waals surface area contributed by atoms with Crippen molar-refractivity contribution in [1.29, 1.82) is 0 Å².